The van der Waals surface area contributed by atoms with Crippen molar-refractivity contribution in [1.82, 2.24) is 20.0 Å². The predicted octanol–water partition coefficient (Wildman–Crippen LogP) is 1.45. The van der Waals surface area contributed by atoms with Crippen molar-refractivity contribution < 1.29 is 9.59 Å². The molecule has 2 heterocycles. The highest BCUT2D eigenvalue weighted by Gasteiger charge is 2.59. The maximum atomic E-state index is 13.1. The molecule has 1 aliphatic carbocycles. The van der Waals surface area contributed by atoms with E-state index >= 15 is 0 Å². The van der Waals surface area contributed by atoms with Gasteiger partial charge in [-0.2, -0.15) is 5.10 Å². The van der Waals surface area contributed by atoms with Crippen LogP contribution in [0.2, 0.25) is 0 Å². The van der Waals surface area contributed by atoms with Gasteiger partial charge in [0.1, 0.15) is 0 Å². The number of aromatic nitrogens is 2. The number of hydrogen-bond donors (Lipinski definition) is 1. The number of rotatable bonds is 3. The number of nitrogens with zero attached hydrogens (tertiary/aromatic N) is 3. The van der Waals surface area contributed by atoms with Crippen LogP contribution in [0, 0.1) is 16.7 Å². The Morgan fingerprint density at radius 3 is 2.52 bits per heavy atom. The Kier molecular flexibility index (Phi) is 3.73. The van der Waals surface area contributed by atoms with Gasteiger partial charge in [-0.05, 0) is 24.3 Å². The van der Waals surface area contributed by atoms with Crippen LogP contribution in [-0.4, -0.2) is 46.6 Å². The molecular formula is C17H26N4O2. The van der Waals surface area contributed by atoms with E-state index in [9.17, 15) is 9.59 Å². The summed E-state index contributed by atoms with van der Waals surface area (Å²) < 4.78 is 1.92. The fraction of sp³-hybridized carbons (Fsp3) is 0.706. The zero-order valence-electron chi connectivity index (χ0n) is 14.4. The first kappa shape index (κ1) is 16.0. The second-order valence-corrected chi connectivity index (χ2v) is 7.61. The number of likely N-dealkylation sites (tertiary alicyclic amines) is 1. The first-order chi connectivity index (χ1) is 10.8. The molecule has 2 amide bonds. The molecule has 1 aliphatic heterocycles. The Labute approximate surface area is 137 Å². The minimum absolute atomic E-state index is 0.0459. The van der Waals surface area contributed by atoms with Crippen LogP contribution in [-0.2, 0) is 9.59 Å². The number of hydrogen-bond acceptors (Lipinski definition) is 3. The second kappa shape index (κ2) is 5.35. The monoisotopic (exact) mass is 318 g/mol. The van der Waals surface area contributed by atoms with Gasteiger partial charge < -0.3 is 10.2 Å². The van der Waals surface area contributed by atoms with Crippen LogP contribution < -0.4 is 5.32 Å². The van der Waals surface area contributed by atoms with Crippen LogP contribution in [0.5, 0.6) is 0 Å². The van der Waals surface area contributed by atoms with Crippen LogP contribution in [0.25, 0.3) is 0 Å². The van der Waals surface area contributed by atoms with Crippen LogP contribution in [0.3, 0.4) is 0 Å². The summed E-state index contributed by atoms with van der Waals surface area (Å²) in [5.41, 5.74) is -0.833. The molecule has 1 aromatic heterocycles. The molecule has 2 atom stereocenters. The van der Waals surface area contributed by atoms with E-state index in [0.717, 1.165) is 12.8 Å². The van der Waals surface area contributed by atoms with Crippen molar-refractivity contribution in [2.45, 2.75) is 39.7 Å². The maximum Gasteiger partial charge on any atom is 0.229 e. The van der Waals surface area contributed by atoms with Gasteiger partial charge in [0.15, 0.2) is 0 Å². The van der Waals surface area contributed by atoms with Gasteiger partial charge >= 0.3 is 0 Å². The van der Waals surface area contributed by atoms with E-state index in [1.807, 2.05) is 28.8 Å². The summed E-state index contributed by atoms with van der Waals surface area (Å²) in [5, 5.41) is 6.99. The molecule has 0 unspecified atom stereocenters. The second-order valence-electron chi connectivity index (χ2n) is 7.61. The molecule has 0 radical (unpaired) electrons. The molecule has 0 aromatic carbocycles. The highest BCUT2D eigenvalue weighted by molar-refractivity contribution is 5.87. The fourth-order valence-corrected chi connectivity index (χ4v) is 4.15. The molecule has 1 aromatic rings. The Balaban J connectivity index is 1.71. The Bertz CT molecular complexity index is 604. The number of carbonyl (C=O) groups excluding carboxylic acids is 2. The summed E-state index contributed by atoms with van der Waals surface area (Å²) in [6, 6.07) is 2.18. The van der Waals surface area contributed by atoms with Crippen molar-refractivity contribution in [1.29, 1.82) is 0 Å². The first-order valence-corrected chi connectivity index (χ1v) is 8.31. The average molecular weight is 318 g/mol. The molecule has 2 fully saturated rings. The predicted molar refractivity (Wildman–Crippen MR) is 86.5 cm³/mol. The lowest BCUT2D eigenvalue weighted by Gasteiger charge is -2.47. The molecule has 126 valence electrons. The minimum atomic E-state index is -0.487. The molecule has 1 N–H and O–H groups in total. The third-order valence-corrected chi connectivity index (χ3v) is 6.31. The number of amides is 2. The Hall–Kier alpha value is -1.85. The van der Waals surface area contributed by atoms with E-state index < -0.39 is 5.41 Å². The lowest BCUT2D eigenvalue weighted by Crippen LogP contribution is -2.58. The molecule has 2 aliphatic rings. The standard InChI is InChI=1S/C17H26N4O2/c1-16(2)13(14(22)18-4)6-7-17(16,3)15(23)20-10-12(11-20)21-9-5-8-19-21/h5,8-9,12-13H,6-7,10-11H2,1-4H3,(H,18,22)/t13-,17+/m1/s1. The highest BCUT2D eigenvalue weighted by atomic mass is 16.2. The summed E-state index contributed by atoms with van der Waals surface area (Å²) in [6.45, 7) is 7.55. The molecule has 6 nitrogen and oxygen atoms in total. The number of carbonyl (C=O) groups is 2. The quantitative estimate of drug-likeness (QED) is 0.917. The fourth-order valence-electron chi connectivity index (χ4n) is 4.15. The van der Waals surface area contributed by atoms with Crippen molar-refractivity contribution >= 4 is 11.8 Å². The summed E-state index contributed by atoms with van der Waals surface area (Å²) >= 11 is 0. The van der Waals surface area contributed by atoms with Gasteiger partial charge in [0, 0.05) is 38.4 Å². The summed E-state index contributed by atoms with van der Waals surface area (Å²) in [5.74, 6) is 0.117. The zero-order valence-corrected chi connectivity index (χ0v) is 14.4. The van der Waals surface area contributed by atoms with E-state index in [-0.39, 0.29) is 29.2 Å². The molecule has 23 heavy (non-hydrogen) atoms. The molecule has 6 heteroatoms. The van der Waals surface area contributed by atoms with E-state index in [2.05, 4.69) is 24.3 Å². The highest BCUT2D eigenvalue weighted by Crippen LogP contribution is 2.57. The smallest absolute Gasteiger partial charge is 0.229 e. The van der Waals surface area contributed by atoms with Crippen molar-refractivity contribution in [3.05, 3.63) is 18.5 Å². The zero-order chi connectivity index (χ0) is 16.8. The van der Waals surface area contributed by atoms with Gasteiger partial charge in [0.2, 0.25) is 11.8 Å². The Morgan fingerprint density at radius 1 is 1.26 bits per heavy atom. The topological polar surface area (TPSA) is 67.2 Å². The van der Waals surface area contributed by atoms with Gasteiger partial charge in [-0.25, -0.2) is 0 Å². The van der Waals surface area contributed by atoms with Crippen LogP contribution >= 0.6 is 0 Å². The Morgan fingerprint density at radius 2 is 1.96 bits per heavy atom. The molecule has 3 rings (SSSR count). The van der Waals surface area contributed by atoms with E-state index in [4.69, 9.17) is 0 Å². The van der Waals surface area contributed by atoms with Crippen LogP contribution in [0.1, 0.15) is 39.7 Å². The number of nitrogens with one attached hydrogen (secondary N) is 1. The normalized spacial score (nSPS) is 30.1. The van der Waals surface area contributed by atoms with E-state index in [0.29, 0.717) is 13.1 Å². The minimum Gasteiger partial charge on any atom is -0.359 e. The molecular weight excluding hydrogens is 292 g/mol. The maximum absolute atomic E-state index is 13.1. The SMILES string of the molecule is CNC(=O)[C@H]1CC[C@@](C)(C(=O)N2CC(n3cccn3)C2)C1(C)C. The summed E-state index contributed by atoms with van der Waals surface area (Å²) in [7, 11) is 1.67. The molecule has 1 saturated heterocycles. The van der Waals surface area contributed by atoms with E-state index in [1.165, 1.54) is 0 Å². The summed E-state index contributed by atoms with van der Waals surface area (Å²) in [6.07, 6.45) is 5.24. The van der Waals surface area contributed by atoms with Crippen molar-refractivity contribution in [2.24, 2.45) is 16.7 Å². The lowest BCUT2D eigenvalue weighted by molar-refractivity contribution is -0.154. The molecule has 0 bridgehead atoms. The van der Waals surface area contributed by atoms with Gasteiger partial charge in [-0.1, -0.05) is 20.8 Å². The van der Waals surface area contributed by atoms with Gasteiger partial charge in [0.05, 0.1) is 11.5 Å². The third kappa shape index (κ3) is 2.26. The lowest BCUT2D eigenvalue weighted by atomic mass is 9.64. The molecule has 1 saturated carbocycles. The largest absolute Gasteiger partial charge is 0.359 e. The van der Waals surface area contributed by atoms with Gasteiger partial charge in [0.25, 0.3) is 0 Å². The van der Waals surface area contributed by atoms with Gasteiger partial charge in [-0.3, -0.25) is 14.3 Å². The molecule has 0 spiro atoms. The van der Waals surface area contributed by atoms with E-state index in [1.54, 1.807) is 13.2 Å². The average Bonchev–Trinajstić information content (AvgIpc) is 3.05. The summed E-state index contributed by atoms with van der Waals surface area (Å²) in [4.78, 5) is 27.2. The van der Waals surface area contributed by atoms with Gasteiger partial charge in [-0.15, -0.1) is 0 Å². The van der Waals surface area contributed by atoms with Crippen molar-refractivity contribution in [3.8, 4) is 0 Å². The third-order valence-electron chi connectivity index (χ3n) is 6.31. The van der Waals surface area contributed by atoms with Crippen LogP contribution in [0.4, 0.5) is 0 Å². The van der Waals surface area contributed by atoms with Crippen LogP contribution in [0.15, 0.2) is 18.5 Å². The van der Waals surface area contributed by atoms with Crippen molar-refractivity contribution in [3.63, 3.8) is 0 Å². The first-order valence-electron chi connectivity index (χ1n) is 8.31. The van der Waals surface area contributed by atoms with Crippen molar-refractivity contribution in [2.75, 3.05) is 20.1 Å².